The van der Waals surface area contributed by atoms with Gasteiger partial charge in [-0.1, -0.05) is 17.7 Å². The minimum atomic E-state index is -3.69. The van der Waals surface area contributed by atoms with E-state index >= 15 is 0 Å². The van der Waals surface area contributed by atoms with E-state index in [1.165, 1.54) is 20.4 Å². The van der Waals surface area contributed by atoms with Gasteiger partial charge in [0.2, 0.25) is 0 Å². The van der Waals surface area contributed by atoms with Gasteiger partial charge in [-0.05, 0) is 31.2 Å². The number of hydrogen-bond acceptors (Lipinski definition) is 5. The highest BCUT2D eigenvalue weighted by atomic mass is 32.2. The lowest BCUT2D eigenvalue weighted by atomic mass is 10.2. The molecule has 7 heteroatoms. The zero-order valence-corrected chi connectivity index (χ0v) is 14.9. The molecular weight excluding hydrogens is 328 g/mol. The second kappa shape index (κ2) is 7.35. The summed E-state index contributed by atoms with van der Waals surface area (Å²) in [6, 6.07) is 11.8. The van der Waals surface area contributed by atoms with Crippen molar-refractivity contribution in [2.24, 2.45) is 5.10 Å². The maximum atomic E-state index is 12.5. The molecule has 0 aromatic heterocycles. The van der Waals surface area contributed by atoms with Crippen LogP contribution in [0.3, 0.4) is 0 Å². The molecule has 0 fully saturated rings. The van der Waals surface area contributed by atoms with E-state index < -0.39 is 10.0 Å². The molecule has 0 unspecified atom stereocenters. The second-order valence-corrected chi connectivity index (χ2v) is 7.05. The molecule has 2 aromatic carbocycles. The Labute approximate surface area is 142 Å². The van der Waals surface area contributed by atoms with Gasteiger partial charge in [0, 0.05) is 18.7 Å². The van der Waals surface area contributed by atoms with Gasteiger partial charge in [0.15, 0.2) is 0 Å². The third-order valence-corrected chi connectivity index (χ3v) is 5.12. The fourth-order valence-corrected chi connectivity index (χ4v) is 2.95. The minimum Gasteiger partial charge on any atom is -0.497 e. The molecular formula is C17H20N2O4S. The van der Waals surface area contributed by atoms with Crippen molar-refractivity contribution in [2.75, 3.05) is 21.3 Å². The first-order valence-corrected chi connectivity index (χ1v) is 8.64. The van der Waals surface area contributed by atoms with Gasteiger partial charge in [-0.25, -0.2) is 0 Å². The first-order chi connectivity index (χ1) is 11.4. The van der Waals surface area contributed by atoms with Crippen LogP contribution in [-0.4, -0.2) is 40.3 Å². The molecule has 24 heavy (non-hydrogen) atoms. The molecule has 0 amide bonds. The Bertz CT molecular complexity index is 830. The van der Waals surface area contributed by atoms with Crippen LogP contribution >= 0.6 is 0 Å². The van der Waals surface area contributed by atoms with E-state index in [-0.39, 0.29) is 4.90 Å². The third kappa shape index (κ3) is 3.86. The smallest absolute Gasteiger partial charge is 0.278 e. The summed E-state index contributed by atoms with van der Waals surface area (Å²) in [5.41, 5.74) is 1.63. The summed E-state index contributed by atoms with van der Waals surface area (Å²) in [7, 11) is 0.789. The largest absolute Gasteiger partial charge is 0.497 e. The van der Waals surface area contributed by atoms with Crippen molar-refractivity contribution in [1.29, 1.82) is 0 Å². The van der Waals surface area contributed by atoms with Crippen LogP contribution in [0.2, 0.25) is 0 Å². The lowest BCUT2D eigenvalue weighted by Gasteiger charge is -2.14. The number of sulfonamides is 1. The van der Waals surface area contributed by atoms with Crippen LogP contribution in [0.15, 0.2) is 52.5 Å². The summed E-state index contributed by atoms with van der Waals surface area (Å²) >= 11 is 0. The standard InChI is InChI=1S/C17H20N2O4S/c1-13-5-9-16(10-6-13)24(20,21)19(2)18-12-14-7-8-15(22-3)11-17(14)23-4/h5-12H,1-4H3. The highest BCUT2D eigenvalue weighted by Crippen LogP contribution is 2.23. The first-order valence-electron chi connectivity index (χ1n) is 7.20. The topological polar surface area (TPSA) is 68.2 Å². The second-order valence-electron chi connectivity index (χ2n) is 5.10. The molecule has 0 bridgehead atoms. The van der Waals surface area contributed by atoms with Gasteiger partial charge < -0.3 is 9.47 Å². The quantitative estimate of drug-likeness (QED) is 0.594. The molecule has 6 nitrogen and oxygen atoms in total. The number of methoxy groups -OCH3 is 2. The molecule has 0 N–H and O–H groups in total. The fourth-order valence-electron chi connectivity index (χ4n) is 1.99. The maximum absolute atomic E-state index is 12.5. The van der Waals surface area contributed by atoms with Crippen molar-refractivity contribution in [1.82, 2.24) is 4.41 Å². The third-order valence-electron chi connectivity index (χ3n) is 3.47. The molecule has 0 spiro atoms. The van der Waals surface area contributed by atoms with Gasteiger partial charge in [-0.2, -0.15) is 17.9 Å². The molecule has 0 aliphatic heterocycles. The van der Waals surface area contributed by atoms with Gasteiger partial charge in [-0.3, -0.25) is 0 Å². The van der Waals surface area contributed by atoms with Crippen molar-refractivity contribution >= 4 is 16.2 Å². The van der Waals surface area contributed by atoms with Crippen LogP contribution in [0, 0.1) is 6.92 Å². The number of hydrazone groups is 1. The number of rotatable bonds is 6. The molecule has 0 heterocycles. The summed E-state index contributed by atoms with van der Waals surface area (Å²) in [5.74, 6) is 1.18. The van der Waals surface area contributed by atoms with Gasteiger partial charge in [0.25, 0.3) is 10.0 Å². The Morgan fingerprint density at radius 1 is 1.04 bits per heavy atom. The Morgan fingerprint density at radius 3 is 2.29 bits per heavy atom. The van der Waals surface area contributed by atoms with Crippen LogP contribution in [0.25, 0.3) is 0 Å². The molecule has 0 radical (unpaired) electrons. The average Bonchev–Trinajstić information content (AvgIpc) is 2.59. The van der Waals surface area contributed by atoms with Crippen LogP contribution in [0.4, 0.5) is 0 Å². The van der Waals surface area contributed by atoms with E-state index in [0.29, 0.717) is 17.1 Å². The van der Waals surface area contributed by atoms with Gasteiger partial charge in [-0.15, -0.1) is 0 Å². The average molecular weight is 348 g/mol. The predicted octanol–water partition coefficient (Wildman–Crippen LogP) is 2.67. The summed E-state index contributed by atoms with van der Waals surface area (Å²) in [6.07, 6.45) is 1.43. The normalized spacial score (nSPS) is 11.5. The van der Waals surface area contributed by atoms with Crippen molar-refractivity contribution in [3.8, 4) is 11.5 Å². The highest BCUT2D eigenvalue weighted by Gasteiger charge is 2.18. The van der Waals surface area contributed by atoms with E-state index in [4.69, 9.17) is 9.47 Å². The highest BCUT2D eigenvalue weighted by molar-refractivity contribution is 7.89. The predicted molar refractivity (Wildman–Crippen MR) is 93.3 cm³/mol. The minimum absolute atomic E-state index is 0.189. The van der Waals surface area contributed by atoms with Gasteiger partial charge in [0.1, 0.15) is 11.5 Å². The van der Waals surface area contributed by atoms with Crippen molar-refractivity contribution in [2.45, 2.75) is 11.8 Å². The molecule has 0 saturated carbocycles. The first kappa shape index (κ1) is 17.8. The maximum Gasteiger partial charge on any atom is 0.278 e. The van der Waals surface area contributed by atoms with Crippen molar-refractivity contribution in [3.05, 3.63) is 53.6 Å². The number of benzene rings is 2. The monoisotopic (exact) mass is 348 g/mol. The molecule has 0 aliphatic carbocycles. The number of aryl methyl sites for hydroxylation is 1. The van der Waals surface area contributed by atoms with E-state index in [9.17, 15) is 8.42 Å². The van der Waals surface area contributed by atoms with Crippen molar-refractivity contribution < 1.29 is 17.9 Å². The number of nitrogens with zero attached hydrogens (tertiary/aromatic N) is 2. The molecule has 2 aromatic rings. The van der Waals surface area contributed by atoms with Crippen LogP contribution in [0.5, 0.6) is 11.5 Å². The fraction of sp³-hybridized carbons (Fsp3) is 0.235. The van der Waals surface area contributed by atoms with Gasteiger partial charge >= 0.3 is 0 Å². The molecule has 2 rings (SSSR count). The summed E-state index contributed by atoms with van der Waals surface area (Å²) < 4.78 is 36.3. The summed E-state index contributed by atoms with van der Waals surface area (Å²) in [4.78, 5) is 0.189. The SMILES string of the molecule is COc1ccc(C=NN(C)S(=O)(=O)c2ccc(C)cc2)c(OC)c1. The van der Waals surface area contributed by atoms with E-state index in [2.05, 4.69) is 5.10 Å². The molecule has 0 atom stereocenters. The van der Waals surface area contributed by atoms with E-state index in [1.807, 2.05) is 6.92 Å². The molecule has 0 aliphatic rings. The lowest BCUT2D eigenvalue weighted by molar-refractivity contribution is 0.394. The zero-order chi connectivity index (χ0) is 17.7. The number of ether oxygens (including phenoxy) is 2. The number of hydrogen-bond donors (Lipinski definition) is 0. The Balaban J connectivity index is 2.26. The van der Waals surface area contributed by atoms with Crippen LogP contribution < -0.4 is 9.47 Å². The lowest BCUT2D eigenvalue weighted by Crippen LogP contribution is -2.21. The van der Waals surface area contributed by atoms with Crippen LogP contribution in [-0.2, 0) is 10.0 Å². The molecule has 0 saturated heterocycles. The van der Waals surface area contributed by atoms with E-state index in [1.54, 1.807) is 49.6 Å². The Morgan fingerprint density at radius 2 is 1.71 bits per heavy atom. The molecule has 128 valence electrons. The van der Waals surface area contributed by atoms with Crippen molar-refractivity contribution in [3.63, 3.8) is 0 Å². The Hall–Kier alpha value is -2.54. The summed E-state index contributed by atoms with van der Waals surface area (Å²) in [5, 5.41) is 4.03. The van der Waals surface area contributed by atoms with E-state index in [0.717, 1.165) is 9.98 Å². The Kier molecular flexibility index (Phi) is 5.46. The van der Waals surface area contributed by atoms with Crippen LogP contribution in [0.1, 0.15) is 11.1 Å². The zero-order valence-electron chi connectivity index (χ0n) is 14.1. The van der Waals surface area contributed by atoms with Gasteiger partial charge in [0.05, 0.1) is 25.3 Å². The summed E-state index contributed by atoms with van der Waals surface area (Å²) in [6.45, 7) is 1.90.